The minimum Gasteiger partial charge on any atom is -0.311 e. The molecule has 0 saturated carbocycles. The lowest BCUT2D eigenvalue weighted by molar-refractivity contribution is 1.28. The average Bonchev–Trinajstić information content (AvgIpc) is 3.72. The third-order valence-electron chi connectivity index (χ3n) is 10.5. The predicted octanol–water partition coefficient (Wildman–Crippen LogP) is 15.3. The highest BCUT2D eigenvalue weighted by Crippen LogP contribution is 2.43. The first kappa shape index (κ1) is 32.0. The van der Waals surface area contributed by atoms with Gasteiger partial charge in [0.15, 0.2) is 0 Å². The Hall–Kier alpha value is -6.74. The first-order valence-corrected chi connectivity index (χ1v) is 19.2. The van der Waals surface area contributed by atoms with E-state index in [0.717, 1.165) is 17.1 Å². The van der Waals surface area contributed by atoms with Gasteiger partial charge in [-0.3, -0.25) is 0 Å². The summed E-state index contributed by atoms with van der Waals surface area (Å²) in [7, 11) is 0. The van der Waals surface area contributed by atoms with Crippen molar-refractivity contribution in [2.24, 2.45) is 0 Å². The van der Waals surface area contributed by atoms with Crippen LogP contribution in [0.1, 0.15) is 0 Å². The summed E-state index contributed by atoms with van der Waals surface area (Å²) >= 11 is 1.89. The van der Waals surface area contributed by atoms with Gasteiger partial charge in [-0.2, -0.15) is 0 Å². The highest BCUT2D eigenvalue weighted by molar-refractivity contribution is 7.23. The molecule has 0 aliphatic rings. The number of nitrogens with zero attached hydrogens (tertiary/aromatic N) is 1. The van der Waals surface area contributed by atoms with E-state index in [1.807, 2.05) is 11.3 Å². The molecule has 0 aliphatic carbocycles. The topological polar surface area (TPSA) is 3.24 Å². The lowest BCUT2D eigenvalue weighted by atomic mass is 9.98. The lowest BCUT2D eigenvalue weighted by Gasteiger charge is -2.26. The van der Waals surface area contributed by atoms with Crippen molar-refractivity contribution in [3.05, 3.63) is 212 Å². The Morgan fingerprint density at radius 3 is 1.02 bits per heavy atom. The molecule has 0 saturated heterocycles. The summed E-state index contributed by atoms with van der Waals surface area (Å²) in [5.74, 6) is 0. The molecule has 1 heterocycles. The van der Waals surface area contributed by atoms with Crippen molar-refractivity contribution in [1.29, 1.82) is 0 Å². The fraction of sp³-hybridized carbons (Fsp3) is 0. The Bertz CT molecular complexity index is 2720. The van der Waals surface area contributed by atoms with E-state index >= 15 is 0 Å². The van der Waals surface area contributed by atoms with Gasteiger partial charge in [0.05, 0.1) is 0 Å². The summed E-state index contributed by atoms with van der Waals surface area (Å²) in [6, 6.07) is 76.9. The molecule has 1 nitrogen and oxygen atoms in total. The van der Waals surface area contributed by atoms with Gasteiger partial charge in [0.1, 0.15) is 0 Å². The number of benzene rings is 9. The molecule has 0 radical (unpaired) electrons. The Balaban J connectivity index is 0.974. The Labute approximate surface area is 319 Å². The van der Waals surface area contributed by atoms with Gasteiger partial charge in [0.2, 0.25) is 0 Å². The summed E-state index contributed by atoms with van der Waals surface area (Å²) < 4.78 is 1.35. The van der Waals surface area contributed by atoms with Crippen molar-refractivity contribution < 1.29 is 0 Å². The summed E-state index contributed by atoms with van der Waals surface area (Å²) in [5, 5.41) is 6.61. The van der Waals surface area contributed by atoms with Crippen molar-refractivity contribution >= 4 is 60.0 Å². The van der Waals surface area contributed by atoms with Crippen LogP contribution in [0.4, 0.5) is 17.1 Å². The number of fused-ring (bicyclic) bond motifs is 6. The molecule has 0 bridgehead atoms. The van der Waals surface area contributed by atoms with Crippen LogP contribution in [0.15, 0.2) is 212 Å². The zero-order valence-electron chi connectivity index (χ0n) is 29.6. The quantitative estimate of drug-likeness (QED) is 0.149. The van der Waals surface area contributed by atoms with E-state index in [4.69, 9.17) is 0 Å². The molecule has 0 spiro atoms. The largest absolute Gasteiger partial charge is 0.311 e. The number of anilines is 3. The summed E-state index contributed by atoms with van der Waals surface area (Å²) in [5.41, 5.74) is 11.8. The van der Waals surface area contributed by atoms with E-state index in [9.17, 15) is 0 Å². The standard InChI is InChI=1S/C52H35NS/c1-3-11-36(12-4-1)39-23-29-43(30-24-39)53(44-31-25-40(26-32-44)37-13-5-2-6-14-37)45-33-27-41(28-34-45)38-19-21-42(22-20-38)51-35-50-48-17-8-7-15-46(48)47-16-9-10-18-49(47)52(50)54-51/h1-35H. The highest BCUT2D eigenvalue weighted by Gasteiger charge is 2.15. The van der Waals surface area contributed by atoms with Gasteiger partial charge in [-0.1, -0.05) is 170 Å². The van der Waals surface area contributed by atoms with E-state index in [-0.39, 0.29) is 0 Å². The molecule has 54 heavy (non-hydrogen) atoms. The Morgan fingerprint density at radius 2 is 0.574 bits per heavy atom. The fourth-order valence-electron chi connectivity index (χ4n) is 7.75. The van der Waals surface area contributed by atoms with Crippen molar-refractivity contribution in [3.63, 3.8) is 0 Å². The van der Waals surface area contributed by atoms with E-state index in [1.165, 1.54) is 75.5 Å². The van der Waals surface area contributed by atoms with Crippen LogP contribution in [0.25, 0.3) is 75.5 Å². The van der Waals surface area contributed by atoms with Gasteiger partial charge in [-0.05, 0) is 97.6 Å². The summed E-state index contributed by atoms with van der Waals surface area (Å²) in [6.07, 6.45) is 0. The molecule has 1 aromatic heterocycles. The smallest absolute Gasteiger partial charge is 0.0462 e. The Kier molecular flexibility index (Phi) is 8.09. The molecule has 10 aromatic rings. The van der Waals surface area contributed by atoms with Gasteiger partial charge < -0.3 is 4.90 Å². The predicted molar refractivity (Wildman–Crippen MR) is 233 cm³/mol. The minimum atomic E-state index is 1.11. The zero-order chi connectivity index (χ0) is 35.8. The maximum absolute atomic E-state index is 2.38. The van der Waals surface area contributed by atoms with Crippen LogP contribution in [-0.4, -0.2) is 0 Å². The van der Waals surface area contributed by atoms with Gasteiger partial charge >= 0.3 is 0 Å². The zero-order valence-corrected chi connectivity index (χ0v) is 30.4. The van der Waals surface area contributed by atoms with Crippen LogP contribution in [0.2, 0.25) is 0 Å². The van der Waals surface area contributed by atoms with Gasteiger partial charge in [0.25, 0.3) is 0 Å². The number of thiophene rings is 1. The van der Waals surface area contributed by atoms with E-state index in [1.54, 1.807) is 0 Å². The highest BCUT2D eigenvalue weighted by atomic mass is 32.1. The molecule has 0 aliphatic heterocycles. The first-order valence-electron chi connectivity index (χ1n) is 18.4. The second kappa shape index (κ2) is 13.7. The molecule has 0 amide bonds. The molecule has 0 unspecified atom stereocenters. The van der Waals surface area contributed by atoms with Crippen LogP contribution in [0.5, 0.6) is 0 Å². The molecule has 0 atom stereocenters. The third-order valence-corrected chi connectivity index (χ3v) is 11.7. The van der Waals surface area contributed by atoms with Gasteiger partial charge in [-0.25, -0.2) is 0 Å². The monoisotopic (exact) mass is 705 g/mol. The van der Waals surface area contributed by atoms with Crippen LogP contribution in [0.3, 0.4) is 0 Å². The van der Waals surface area contributed by atoms with Crippen molar-refractivity contribution in [1.82, 2.24) is 0 Å². The SMILES string of the molecule is c1ccc(-c2ccc(N(c3ccc(-c4ccccc4)cc3)c3ccc(-c4ccc(-c5cc6c7ccccc7c7ccccc7c6s5)cc4)cc3)cc2)cc1. The summed E-state index contributed by atoms with van der Waals surface area (Å²) in [4.78, 5) is 3.63. The molecule has 10 rings (SSSR count). The minimum absolute atomic E-state index is 1.11. The normalized spacial score (nSPS) is 11.3. The number of rotatable bonds is 7. The fourth-order valence-corrected chi connectivity index (χ4v) is 8.96. The van der Waals surface area contributed by atoms with Crippen LogP contribution >= 0.6 is 11.3 Å². The van der Waals surface area contributed by atoms with E-state index in [2.05, 4.69) is 217 Å². The van der Waals surface area contributed by atoms with E-state index in [0.29, 0.717) is 0 Å². The van der Waals surface area contributed by atoms with Crippen molar-refractivity contribution in [2.75, 3.05) is 4.90 Å². The Morgan fingerprint density at radius 1 is 0.259 bits per heavy atom. The van der Waals surface area contributed by atoms with Gasteiger partial charge in [0, 0.05) is 37.4 Å². The van der Waals surface area contributed by atoms with E-state index < -0.39 is 0 Å². The number of hydrogen-bond acceptors (Lipinski definition) is 2. The molecule has 0 N–H and O–H groups in total. The third kappa shape index (κ3) is 5.84. The molecule has 9 aromatic carbocycles. The van der Waals surface area contributed by atoms with Crippen molar-refractivity contribution in [3.8, 4) is 43.8 Å². The average molecular weight is 706 g/mol. The van der Waals surface area contributed by atoms with Gasteiger partial charge in [-0.15, -0.1) is 11.3 Å². The van der Waals surface area contributed by atoms with Crippen LogP contribution < -0.4 is 4.90 Å². The maximum Gasteiger partial charge on any atom is 0.0462 e. The molecular formula is C52H35NS. The molecule has 254 valence electrons. The second-order valence-electron chi connectivity index (χ2n) is 13.7. The maximum atomic E-state index is 2.38. The second-order valence-corrected chi connectivity index (χ2v) is 14.8. The lowest BCUT2D eigenvalue weighted by Crippen LogP contribution is -2.09. The van der Waals surface area contributed by atoms with Crippen molar-refractivity contribution in [2.45, 2.75) is 0 Å². The molecule has 0 fully saturated rings. The number of hydrogen-bond donors (Lipinski definition) is 0. The van der Waals surface area contributed by atoms with Crippen LogP contribution in [-0.2, 0) is 0 Å². The van der Waals surface area contributed by atoms with Crippen LogP contribution in [0, 0.1) is 0 Å². The molecular weight excluding hydrogens is 671 g/mol. The first-order chi connectivity index (χ1) is 26.8. The molecule has 2 heteroatoms. The summed E-state index contributed by atoms with van der Waals surface area (Å²) in [6.45, 7) is 0.